The van der Waals surface area contributed by atoms with E-state index in [1.165, 1.54) is 5.57 Å². The van der Waals surface area contributed by atoms with E-state index in [4.69, 9.17) is 10.2 Å². The highest BCUT2D eigenvalue weighted by molar-refractivity contribution is 5.26. The largest absolute Gasteiger partial charge is 0.368 e. The van der Waals surface area contributed by atoms with Crippen molar-refractivity contribution in [2.45, 2.75) is 25.6 Å². The number of hydrogen-bond acceptors (Lipinski definition) is 2. The monoisotopic (exact) mass is 192 g/mol. The van der Waals surface area contributed by atoms with Gasteiger partial charge in [-0.2, -0.15) is 0 Å². The van der Waals surface area contributed by atoms with Crippen molar-refractivity contribution in [1.82, 2.24) is 0 Å². The van der Waals surface area contributed by atoms with Crippen molar-refractivity contribution in [3.8, 4) is 0 Å². The van der Waals surface area contributed by atoms with Gasteiger partial charge in [-0.05, 0) is 24.7 Å². The molecule has 0 spiro atoms. The first-order chi connectivity index (χ1) is 6.77. The minimum absolute atomic E-state index is 0.388. The molecular weight excluding hydrogens is 176 g/mol. The van der Waals surface area contributed by atoms with Crippen molar-refractivity contribution in [3.05, 3.63) is 36.0 Å². The molecule has 2 rings (SSSR count). The lowest BCUT2D eigenvalue weighted by Crippen LogP contribution is -2.22. The number of rotatable bonds is 2. The standard InChI is InChI=1S/C12H16O2/c13-12(14)8-10-6-3-5-9-4-1-2-7-11(9)10/h1-3,5-6,9,11-14H,4,7-8H2. The third-order valence-corrected chi connectivity index (χ3v) is 3.04. The van der Waals surface area contributed by atoms with Crippen molar-refractivity contribution >= 4 is 0 Å². The summed E-state index contributed by atoms with van der Waals surface area (Å²) >= 11 is 0. The number of fused-ring (bicyclic) bond motifs is 1. The van der Waals surface area contributed by atoms with Crippen molar-refractivity contribution in [1.29, 1.82) is 0 Å². The fraction of sp³-hybridized carbons (Fsp3) is 0.500. The third-order valence-electron chi connectivity index (χ3n) is 3.04. The highest BCUT2D eigenvalue weighted by Gasteiger charge is 2.26. The van der Waals surface area contributed by atoms with E-state index in [0.29, 0.717) is 18.3 Å². The SMILES string of the molecule is OC(O)CC1=CC=CC2CC=CCC12. The lowest BCUT2D eigenvalue weighted by Gasteiger charge is -2.31. The molecule has 0 aliphatic heterocycles. The Morgan fingerprint density at radius 2 is 2.07 bits per heavy atom. The van der Waals surface area contributed by atoms with Gasteiger partial charge in [-0.1, -0.05) is 36.0 Å². The summed E-state index contributed by atoms with van der Waals surface area (Å²) in [4.78, 5) is 0. The van der Waals surface area contributed by atoms with E-state index in [0.717, 1.165) is 12.8 Å². The summed E-state index contributed by atoms with van der Waals surface area (Å²) in [6.45, 7) is 0. The van der Waals surface area contributed by atoms with Crippen LogP contribution in [0.2, 0.25) is 0 Å². The molecule has 0 bridgehead atoms. The second-order valence-corrected chi connectivity index (χ2v) is 4.02. The summed E-state index contributed by atoms with van der Waals surface area (Å²) in [7, 11) is 0. The predicted molar refractivity (Wildman–Crippen MR) is 55.4 cm³/mol. The van der Waals surface area contributed by atoms with Gasteiger partial charge in [-0.3, -0.25) is 0 Å². The summed E-state index contributed by atoms with van der Waals surface area (Å²) in [6, 6.07) is 0. The molecule has 0 aromatic heterocycles. The first-order valence-electron chi connectivity index (χ1n) is 5.16. The maximum absolute atomic E-state index is 8.97. The third kappa shape index (κ3) is 1.97. The molecular formula is C12H16O2. The lowest BCUT2D eigenvalue weighted by molar-refractivity contribution is -0.0400. The highest BCUT2D eigenvalue weighted by Crippen LogP contribution is 2.36. The molecule has 2 N–H and O–H groups in total. The molecule has 0 aromatic carbocycles. The number of allylic oxidation sites excluding steroid dienone is 5. The van der Waals surface area contributed by atoms with E-state index in [-0.39, 0.29) is 0 Å². The Kier molecular flexibility index (Phi) is 2.85. The van der Waals surface area contributed by atoms with Gasteiger partial charge in [0.2, 0.25) is 0 Å². The first kappa shape index (κ1) is 9.69. The molecule has 0 saturated carbocycles. The fourth-order valence-corrected chi connectivity index (χ4v) is 2.35. The van der Waals surface area contributed by atoms with Crippen LogP contribution in [-0.4, -0.2) is 16.5 Å². The molecule has 2 nitrogen and oxygen atoms in total. The van der Waals surface area contributed by atoms with Crippen LogP contribution in [0, 0.1) is 11.8 Å². The number of hydrogen-bond donors (Lipinski definition) is 2. The van der Waals surface area contributed by atoms with Gasteiger partial charge in [0, 0.05) is 6.42 Å². The Balaban J connectivity index is 2.12. The molecule has 0 fully saturated rings. The van der Waals surface area contributed by atoms with Crippen LogP contribution >= 0.6 is 0 Å². The maximum Gasteiger partial charge on any atom is 0.155 e. The van der Waals surface area contributed by atoms with Crippen LogP contribution in [0.25, 0.3) is 0 Å². The van der Waals surface area contributed by atoms with Gasteiger partial charge in [-0.25, -0.2) is 0 Å². The van der Waals surface area contributed by atoms with Crippen molar-refractivity contribution in [2.75, 3.05) is 0 Å². The Morgan fingerprint density at radius 3 is 2.86 bits per heavy atom. The molecule has 2 unspecified atom stereocenters. The molecule has 2 heteroatoms. The van der Waals surface area contributed by atoms with Crippen LogP contribution < -0.4 is 0 Å². The number of aliphatic hydroxyl groups excluding tert-OH is 1. The van der Waals surface area contributed by atoms with E-state index >= 15 is 0 Å². The zero-order chi connectivity index (χ0) is 9.97. The molecule has 14 heavy (non-hydrogen) atoms. The predicted octanol–water partition coefficient (Wildman–Crippen LogP) is 1.77. The Hall–Kier alpha value is -0.860. The zero-order valence-corrected chi connectivity index (χ0v) is 8.13. The highest BCUT2D eigenvalue weighted by atomic mass is 16.5. The second kappa shape index (κ2) is 4.11. The lowest BCUT2D eigenvalue weighted by atomic mass is 9.74. The minimum Gasteiger partial charge on any atom is -0.368 e. The smallest absolute Gasteiger partial charge is 0.155 e. The van der Waals surface area contributed by atoms with Gasteiger partial charge in [-0.15, -0.1) is 0 Å². The molecule has 2 aliphatic carbocycles. The van der Waals surface area contributed by atoms with E-state index in [1.54, 1.807) is 0 Å². The van der Waals surface area contributed by atoms with Crippen molar-refractivity contribution < 1.29 is 10.2 Å². The van der Waals surface area contributed by atoms with Crippen LogP contribution in [0.15, 0.2) is 36.0 Å². The molecule has 2 aliphatic rings. The van der Waals surface area contributed by atoms with E-state index in [2.05, 4.69) is 18.2 Å². The van der Waals surface area contributed by atoms with Crippen LogP contribution in [0.5, 0.6) is 0 Å². The summed E-state index contributed by atoms with van der Waals surface area (Å²) in [5.74, 6) is 1.06. The Morgan fingerprint density at radius 1 is 1.29 bits per heavy atom. The average Bonchev–Trinajstić information content (AvgIpc) is 2.18. The van der Waals surface area contributed by atoms with Gasteiger partial charge in [0.25, 0.3) is 0 Å². The Labute approximate surface area is 84.3 Å². The van der Waals surface area contributed by atoms with Gasteiger partial charge in [0.05, 0.1) is 0 Å². The van der Waals surface area contributed by atoms with Crippen LogP contribution in [0.3, 0.4) is 0 Å². The van der Waals surface area contributed by atoms with Crippen LogP contribution in [0.4, 0.5) is 0 Å². The topological polar surface area (TPSA) is 40.5 Å². The van der Waals surface area contributed by atoms with E-state index < -0.39 is 6.29 Å². The van der Waals surface area contributed by atoms with Crippen LogP contribution in [0.1, 0.15) is 19.3 Å². The summed E-state index contributed by atoms with van der Waals surface area (Å²) in [6.07, 6.45) is 12.0. The molecule has 0 aromatic rings. The maximum atomic E-state index is 8.97. The van der Waals surface area contributed by atoms with Crippen molar-refractivity contribution in [2.24, 2.45) is 11.8 Å². The van der Waals surface area contributed by atoms with Gasteiger partial charge < -0.3 is 10.2 Å². The van der Waals surface area contributed by atoms with Crippen LogP contribution in [-0.2, 0) is 0 Å². The van der Waals surface area contributed by atoms with Gasteiger partial charge in [0.1, 0.15) is 0 Å². The minimum atomic E-state index is -1.21. The average molecular weight is 192 g/mol. The molecule has 0 saturated heterocycles. The molecule has 0 amide bonds. The quantitative estimate of drug-likeness (QED) is 0.517. The summed E-state index contributed by atoms with van der Waals surface area (Å²) < 4.78 is 0. The van der Waals surface area contributed by atoms with Crippen molar-refractivity contribution in [3.63, 3.8) is 0 Å². The van der Waals surface area contributed by atoms with Gasteiger partial charge >= 0.3 is 0 Å². The molecule has 76 valence electrons. The van der Waals surface area contributed by atoms with E-state index in [1.807, 2.05) is 12.2 Å². The molecule has 2 atom stereocenters. The summed E-state index contributed by atoms with van der Waals surface area (Å²) in [5.41, 5.74) is 1.18. The molecule has 0 heterocycles. The fourth-order valence-electron chi connectivity index (χ4n) is 2.35. The normalized spacial score (nSPS) is 30.4. The first-order valence-corrected chi connectivity index (χ1v) is 5.16. The second-order valence-electron chi connectivity index (χ2n) is 4.02. The Bertz CT molecular complexity index is 287. The molecule has 0 radical (unpaired) electrons. The zero-order valence-electron chi connectivity index (χ0n) is 8.13. The van der Waals surface area contributed by atoms with Gasteiger partial charge in [0.15, 0.2) is 6.29 Å². The summed E-state index contributed by atoms with van der Waals surface area (Å²) in [5, 5.41) is 17.9. The van der Waals surface area contributed by atoms with E-state index in [9.17, 15) is 0 Å². The number of aliphatic hydroxyl groups is 2.